The molecule has 0 aromatic carbocycles. The Morgan fingerprint density at radius 3 is 2.39 bits per heavy atom. The molecule has 0 saturated heterocycles. The molecule has 1 fully saturated rings. The minimum atomic E-state index is -1.68. The minimum absolute atomic E-state index is 0.117. The molecule has 10 heteroatoms. The number of ketones is 1. The highest BCUT2D eigenvalue weighted by atomic mass is 16.7. The van der Waals surface area contributed by atoms with Crippen molar-refractivity contribution in [3.05, 3.63) is 0 Å². The van der Waals surface area contributed by atoms with Crippen LogP contribution in [0.2, 0.25) is 0 Å². The minimum Gasteiger partial charge on any atom is -0.432 e. The third-order valence-corrected chi connectivity index (χ3v) is 3.46. The topological polar surface area (TPSA) is 160 Å². The average molecular weight is 336 g/mol. The fraction of sp³-hybridized carbons (Fsp3) is 0.769. The van der Waals surface area contributed by atoms with Crippen molar-refractivity contribution in [3.63, 3.8) is 0 Å². The molecule has 6 atom stereocenters. The second-order valence-electron chi connectivity index (χ2n) is 5.14. The Labute approximate surface area is 131 Å². The lowest BCUT2D eigenvalue weighted by molar-refractivity contribution is -0.183. The third kappa shape index (κ3) is 5.52. The molecule has 0 bridgehead atoms. The lowest BCUT2D eigenvalue weighted by Gasteiger charge is -2.37. The van der Waals surface area contributed by atoms with Crippen molar-refractivity contribution in [3.8, 4) is 0 Å². The summed E-state index contributed by atoms with van der Waals surface area (Å²) >= 11 is 0. The van der Waals surface area contributed by atoms with Gasteiger partial charge in [0, 0.05) is 20.0 Å². The van der Waals surface area contributed by atoms with E-state index in [2.05, 4.69) is 4.74 Å². The van der Waals surface area contributed by atoms with Crippen LogP contribution in [0.25, 0.3) is 0 Å². The van der Waals surface area contributed by atoms with Gasteiger partial charge in [-0.2, -0.15) is 0 Å². The first kappa shape index (κ1) is 19.5. The summed E-state index contributed by atoms with van der Waals surface area (Å²) in [6.45, 7) is -0.390. The van der Waals surface area contributed by atoms with E-state index in [0.717, 1.165) is 0 Å². The van der Waals surface area contributed by atoms with Gasteiger partial charge in [-0.1, -0.05) is 0 Å². The Kier molecular flexibility index (Phi) is 7.52. The second kappa shape index (κ2) is 8.89. The average Bonchev–Trinajstić information content (AvgIpc) is 2.53. The smallest absolute Gasteiger partial charge is 0.432 e. The van der Waals surface area contributed by atoms with Crippen LogP contribution in [0.5, 0.6) is 0 Å². The van der Waals surface area contributed by atoms with E-state index in [1.807, 2.05) is 0 Å². The summed E-state index contributed by atoms with van der Waals surface area (Å²) in [5, 5.41) is 38.2. The summed E-state index contributed by atoms with van der Waals surface area (Å²) in [7, 11) is 1.25. The van der Waals surface area contributed by atoms with Crippen LogP contribution in [0.3, 0.4) is 0 Å². The van der Waals surface area contributed by atoms with Crippen molar-refractivity contribution in [2.75, 3.05) is 13.7 Å². The van der Waals surface area contributed by atoms with E-state index in [1.54, 1.807) is 0 Å². The van der Waals surface area contributed by atoms with E-state index in [-0.39, 0.29) is 25.7 Å². The van der Waals surface area contributed by atoms with Crippen molar-refractivity contribution in [2.45, 2.75) is 49.5 Å². The monoisotopic (exact) mass is 336 g/mol. The Morgan fingerprint density at radius 1 is 1.17 bits per heavy atom. The van der Waals surface area contributed by atoms with E-state index < -0.39 is 48.6 Å². The van der Waals surface area contributed by atoms with Gasteiger partial charge in [0.05, 0.1) is 18.3 Å². The Bertz CT molecular complexity index is 425. The van der Waals surface area contributed by atoms with Crippen LogP contribution in [0.1, 0.15) is 12.8 Å². The third-order valence-electron chi connectivity index (χ3n) is 3.46. The first-order chi connectivity index (χ1) is 10.8. The van der Waals surface area contributed by atoms with Crippen LogP contribution in [0.15, 0.2) is 0 Å². The highest BCUT2D eigenvalue weighted by Crippen LogP contribution is 2.23. The Hall–Kier alpha value is -1.59. The maximum Gasteiger partial charge on any atom is 0.508 e. The van der Waals surface area contributed by atoms with Crippen molar-refractivity contribution in [1.82, 2.24) is 0 Å². The molecule has 1 aliphatic rings. The van der Waals surface area contributed by atoms with Gasteiger partial charge in [-0.15, -0.1) is 0 Å². The van der Waals surface area contributed by atoms with Gasteiger partial charge in [-0.3, -0.25) is 9.59 Å². The molecule has 0 aromatic rings. The lowest BCUT2D eigenvalue weighted by atomic mass is 9.87. The summed E-state index contributed by atoms with van der Waals surface area (Å²) < 4.78 is 14.3. The van der Waals surface area contributed by atoms with E-state index >= 15 is 0 Å². The lowest BCUT2D eigenvalue weighted by Crippen LogP contribution is -2.57. The normalized spacial score (nSPS) is 32.0. The molecule has 1 saturated carbocycles. The summed E-state index contributed by atoms with van der Waals surface area (Å²) in [6.07, 6.45) is -10.0. The molecular weight excluding hydrogens is 316 g/mol. The van der Waals surface area contributed by atoms with Crippen molar-refractivity contribution >= 4 is 18.2 Å². The van der Waals surface area contributed by atoms with Gasteiger partial charge in [-0.25, -0.2) is 4.79 Å². The van der Waals surface area contributed by atoms with Gasteiger partial charge in [0.25, 0.3) is 0 Å². The number of aldehydes is 1. The zero-order chi connectivity index (χ0) is 17.6. The maximum atomic E-state index is 11.5. The van der Waals surface area contributed by atoms with E-state index in [9.17, 15) is 34.8 Å². The highest BCUT2D eigenvalue weighted by Gasteiger charge is 2.44. The zero-order valence-electron chi connectivity index (χ0n) is 12.4. The number of hydrogen-bond acceptors (Lipinski definition) is 10. The molecule has 4 N–H and O–H groups in total. The van der Waals surface area contributed by atoms with Crippen molar-refractivity contribution in [1.29, 1.82) is 0 Å². The van der Waals surface area contributed by atoms with Crippen LogP contribution in [0, 0.1) is 0 Å². The van der Waals surface area contributed by atoms with Crippen LogP contribution in [-0.4, -0.2) is 89.0 Å². The molecule has 10 nitrogen and oxygen atoms in total. The predicted octanol–water partition coefficient (Wildman–Crippen LogP) is -2.47. The number of aliphatic hydroxyl groups is 4. The van der Waals surface area contributed by atoms with E-state index in [0.29, 0.717) is 0 Å². The van der Waals surface area contributed by atoms with Crippen molar-refractivity contribution < 1.29 is 49.0 Å². The number of ether oxygens (including phenoxy) is 3. The summed E-state index contributed by atoms with van der Waals surface area (Å²) in [5.41, 5.74) is 0. The molecule has 132 valence electrons. The summed E-state index contributed by atoms with van der Waals surface area (Å²) in [6, 6.07) is 0. The molecule has 0 spiro atoms. The van der Waals surface area contributed by atoms with Crippen LogP contribution in [0.4, 0.5) is 4.79 Å². The highest BCUT2D eigenvalue weighted by molar-refractivity contribution is 6.25. The van der Waals surface area contributed by atoms with Gasteiger partial charge in [-0.05, 0) is 0 Å². The molecule has 1 rings (SSSR count). The SMILES string of the molecule is CO[C@@H](COC(=O)O[C@@H]1[C@@H](O)[C@H](O)[C@@H](O)C[C@@H]1O)CC(=O)C=O. The number of hydrogen-bond donors (Lipinski definition) is 4. The molecule has 0 aromatic heterocycles. The number of methoxy groups -OCH3 is 1. The molecular formula is C13H20O10. The summed E-state index contributed by atoms with van der Waals surface area (Å²) in [4.78, 5) is 32.8. The van der Waals surface area contributed by atoms with Crippen molar-refractivity contribution in [2.24, 2.45) is 0 Å². The molecule has 0 amide bonds. The Morgan fingerprint density at radius 2 is 1.83 bits per heavy atom. The van der Waals surface area contributed by atoms with Crippen LogP contribution < -0.4 is 0 Å². The molecule has 0 heterocycles. The van der Waals surface area contributed by atoms with Gasteiger partial charge < -0.3 is 34.6 Å². The molecule has 0 unspecified atom stereocenters. The predicted molar refractivity (Wildman–Crippen MR) is 71.4 cm³/mol. The number of aliphatic hydroxyl groups excluding tert-OH is 4. The first-order valence-corrected chi connectivity index (χ1v) is 6.86. The fourth-order valence-corrected chi connectivity index (χ4v) is 2.11. The largest absolute Gasteiger partial charge is 0.508 e. The molecule has 1 aliphatic carbocycles. The van der Waals surface area contributed by atoms with Gasteiger partial charge in [0.15, 0.2) is 18.2 Å². The van der Waals surface area contributed by atoms with Crippen LogP contribution >= 0.6 is 0 Å². The van der Waals surface area contributed by atoms with E-state index in [4.69, 9.17) is 9.47 Å². The molecule has 0 aliphatic heterocycles. The molecule has 0 radical (unpaired) electrons. The van der Waals surface area contributed by atoms with Gasteiger partial charge in [0.1, 0.15) is 18.8 Å². The van der Waals surface area contributed by atoms with Gasteiger partial charge in [0.2, 0.25) is 0 Å². The number of carbonyl (C=O) groups is 3. The Balaban J connectivity index is 2.49. The maximum absolute atomic E-state index is 11.5. The van der Waals surface area contributed by atoms with E-state index in [1.165, 1.54) is 7.11 Å². The first-order valence-electron chi connectivity index (χ1n) is 6.86. The standard InChI is InChI=1S/C13H20O10/c1-21-7(2-6(15)4-14)5-22-13(20)23-12-9(17)3-8(16)10(18)11(12)19/h4,7-12,16-19H,2-3,5H2,1H3/t7-,8+,9+,10-,11+,12+/m1/s1. The number of carbonyl (C=O) groups excluding carboxylic acids is 3. The fourth-order valence-electron chi connectivity index (χ4n) is 2.11. The zero-order valence-corrected chi connectivity index (χ0v) is 12.4. The molecule has 23 heavy (non-hydrogen) atoms. The number of Topliss-reactive ketones (excluding diaryl/α,β-unsaturated/α-hetero) is 1. The van der Waals surface area contributed by atoms with Crippen LogP contribution in [-0.2, 0) is 23.8 Å². The summed E-state index contributed by atoms with van der Waals surface area (Å²) in [5.74, 6) is -0.732. The number of rotatable bonds is 7. The second-order valence-corrected chi connectivity index (χ2v) is 5.14. The van der Waals surface area contributed by atoms with Gasteiger partial charge >= 0.3 is 6.16 Å². The quantitative estimate of drug-likeness (QED) is 0.223.